The van der Waals surface area contributed by atoms with E-state index >= 15 is 0 Å². The van der Waals surface area contributed by atoms with Gasteiger partial charge in [-0.1, -0.05) is 29.8 Å². The van der Waals surface area contributed by atoms with E-state index in [2.05, 4.69) is 5.32 Å². The van der Waals surface area contributed by atoms with E-state index in [1.54, 1.807) is 30.3 Å². The zero-order chi connectivity index (χ0) is 15.4. The van der Waals surface area contributed by atoms with Gasteiger partial charge in [-0.25, -0.2) is 4.79 Å². The van der Waals surface area contributed by atoms with Crippen LogP contribution in [0.3, 0.4) is 0 Å². The summed E-state index contributed by atoms with van der Waals surface area (Å²) in [5, 5.41) is 11.8. The second kappa shape index (κ2) is 6.28. The summed E-state index contributed by atoms with van der Waals surface area (Å²) in [7, 11) is 1.45. The first-order valence-corrected chi connectivity index (χ1v) is 6.38. The van der Waals surface area contributed by atoms with Crippen molar-refractivity contribution in [2.75, 3.05) is 12.4 Å². The lowest BCUT2D eigenvalue weighted by molar-refractivity contribution is 0.0698. The number of rotatable bonds is 4. The lowest BCUT2D eigenvalue weighted by atomic mass is 10.1. The van der Waals surface area contributed by atoms with E-state index in [-0.39, 0.29) is 16.3 Å². The Morgan fingerprint density at radius 1 is 1.14 bits per heavy atom. The van der Waals surface area contributed by atoms with E-state index in [1.807, 2.05) is 0 Å². The van der Waals surface area contributed by atoms with Crippen LogP contribution in [0.15, 0.2) is 42.5 Å². The number of carboxylic acid groups (broad SMARTS) is 1. The summed E-state index contributed by atoms with van der Waals surface area (Å²) in [6, 6.07) is 11.1. The predicted molar refractivity (Wildman–Crippen MR) is 79.4 cm³/mol. The smallest absolute Gasteiger partial charge is 0.339 e. The van der Waals surface area contributed by atoms with Gasteiger partial charge in [0, 0.05) is 0 Å². The van der Waals surface area contributed by atoms with Crippen LogP contribution >= 0.6 is 11.6 Å². The molecule has 5 nitrogen and oxygen atoms in total. The third-order valence-electron chi connectivity index (χ3n) is 2.83. The van der Waals surface area contributed by atoms with Crippen LogP contribution in [0.1, 0.15) is 20.7 Å². The summed E-state index contributed by atoms with van der Waals surface area (Å²) in [5.41, 5.74) is 0.282. The number of aromatic carboxylic acids is 1. The lowest BCUT2D eigenvalue weighted by Gasteiger charge is -2.11. The normalized spacial score (nSPS) is 10.0. The molecule has 0 bridgehead atoms. The van der Waals surface area contributed by atoms with E-state index in [4.69, 9.17) is 16.3 Å². The molecule has 0 spiro atoms. The third kappa shape index (κ3) is 3.14. The minimum Gasteiger partial charge on any atom is -0.496 e. The van der Waals surface area contributed by atoms with Crippen molar-refractivity contribution in [3.63, 3.8) is 0 Å². The summed E-state index contributed by atoms with van der Waals surface area (Å²) in [4.78, 5) is 23.5. The fourth-order valence-corrected chi connectivity index (χ4v) is 2.12. The molecule has 0 radical (unpaired) electrons. The van der Waals surface area contributed by atoms with Crippen molar-refractivity contribution in [3.8, 4) is 5.75 Å². The first kappa shape index (κ1) is 14.9. The maximum absolute atomic E-state index is 12.3. The zero-order valence-electron chi connectivity index (χ0n) is 11.1. The predicted octanol–water partition coefficient (Wildman–Crippen LogP) is 3.30. The molecule has 0 aromatic heterocycles. The topological polar surface area (TPSA) is 75.6 Å². The summed E-state index contributed by atoms with van der Waals surface area (Å²) in [6.07, 6.45) is 0. The average molecular weight is 306 g/mol. The van der Waals surface area contributed by atoms with Crippen molar-refractivity contribution in [2.24, 2.45) is 0 Å². The number of para-hydroxylation sites is 1. The van der Waals surface area contributed by atoms with Gasteiger partial charge in [-0.3, -0.25) is 4.79 Å². The van der Waals surface area contributed by atoms with Crippen LogP contribution in [0.25, 0.3) is 0 Å². The van der Waals surface area contributed by atoms with Gasteiger partial charge < -0.3 is 15.2 Å². The Morgan fingerprint density at radius 2 is 1.86 bits per heavy atom. The van der Waals surface area contributed by atoms with E-state index in [1.165, 1.54) is 19.2 Å². The SMILES string of the molecule is COc1ccccc1C(=O)Nc1cccc(Cl)c1C(=O)O. The maximum atomic E-state index is 12.3. The van der Waals surface area contributed by atoms with Crippen molar-refractivity contribution in [1.29, 1.82) is 0 Å². The monoisotopic (exact) mass is 305 g/mol. The number of carbonyl (C=O) groups is 2. The number of nitrogens with one attached hydrogen (secondary N) is 1. The fraction of sp³-hybridized carbons (Fsp3) is 0.0667. The molecule has 0 aliphatic carbocycles. The van der Waals surface area contributed by atoms with E-state index in [0.717, 1.165) is 0 Å². The van der Waals surface area contributed by atoms with E-state index in [9.17, 15) is 14.7 Å². The van der Waals surface area contributed by atoms with Gasteiger partial charge in [-0.2, -0.15) is 0 Å². The van der Waals surface area contributed by atoms with Crippen LogP contribution in [0, 0.1) is 0 Å². The number of hydrogen-bond donors (Lipinski definition) is 2. The molecule has 2 aromatic carbocycles. The van der Waals surface area contributed by atoms with Crippen LogP contribution < -0.4 is 10.1 Å². The number of anilines is 1. The maximum Gasteiger partial charge on any atom is 0.339 e. The third-order valence-corrected chi connectivity index (χ3v) is 3.14. The number of halogens is 1. The quantitative estimate of drug-likeness (QED) is 0.908. The van der Waals surface area contributed by atoms with Gasteiger partial charge in [0.2, 0.25) is 0 Å². The molecule has 6 heteroatoms. The van der Waals surface area contributed by atoms with Crippen molar-refractivity contribution < 1.29 is 19.4 Å². The van der Waals surface area contributed by atoms with Crippen molar-refractivity contribution in [2.45, 2.75) is 0 Å². The Balaban J connectivity index is 2.37. The lowest BCUT2D eigenvalue weighted by Crippen LogP contribution is -2.16. The molecule has 2 aromatic rings. The van der Waals surface area contributed by atoms with Crippen LogP contribution in [-0.4, -0.2) is 24.1 Å². The number of amides is 1. The van der Waals surface area contributed by atoms with Crippen molar-refractivity contribution in [1.82, 2.24) is 0 Å². The summed E-state index contributed by atoms with van der Waals surface area (Å²) in [6.45, 7) is 0. The number of ether oxygens (including phenoxy) is 1. The molecule has 0 saturated heterocycles. The Labute approximate surface area is 126 Å². The number of methoxy groups -OCH3 is 1. The summed E-state index contributed by atoms with van der Waals surface area (Å²) >= 11 is 5.86. The van der Waals surface area contributed by atoms with Gasteiger partial charge in [0.1, 0.15) is 11.3 Å². The van der Waals surface area contributed by atoms with E-state index in [0.29, 0.717) is 11.3 Å². The van der Waals surface area contributed by atoms with Gasteiger partial charge in [0.25, 0.3) is 5.91 Å². The molecular weight excluding hydrogens is 294 g/mol. The van der Waals surface area contributed by atoms with Crippen molar-refractivity contribution >= 4 is 29.2 Å². The largest absolute Gasteiger partial charge is 0.496 e. The van der Waals surface area contributed by atoms with Crippen LogP contribution in [0.2, 0.25) is 5.02 Å². The molecule has 2 rings (SSSR count). The van der Waals surface area contributed by atoms with Crippen LogP contribution in [0.5, 0.6) is 5.75 Å². The molecule has 1 amide bonds. The molecule has 0 heterocycles. The highest BCUT2D eigenvalue weighted by Gasteiger charge is 2.18. The van der Waals surface area contributed by atoms with Gasteiger partial charge in [-0.05, 0) is 24.3 Å². The number of hydrogen-bond acceptors (Lipinski definition) is 3. The standard InChI is InChI=1S/C15H12ClNO4/c1-21-12-8-3-2-5-9(12)14(18)17-11-7-4-6-10(16)13(11)15(19)20/h2-8H,1H3,(H,17,18)(H,19,20). The fourth-order valence-electron chi connectivity index (χ4n) is 1.87. The van der Waals surface area contributed by atoms with Crippen LogP contribution in [0.4, 0.5) is 5.69 Å². The molecule has 0 saturated carbocycles. The number of benzene rings is 2. The van der Waals surface area contributed by atoms with E-state index < -0.39 is 11.9 Å². The molecule has 0 unspecified atom stereocenters. The summed E-state index contributed by atoms with van der Waals surface area (Å²) < 4.78 is 5.10. The Morgan fingerprint density at radius 3 is 2.52 bits per heavy atom. The average Bonchev–Trinajstić information content (AvgIpc) is 2.46. The molecule has 108 valence electrons. The zero-order valence-corrected chi connectivity index (χ0v) is 11.8. The second-order valence-electron chi connectivity index (χ2n) is 4.12. The molecular formula is C15H12ClNO4. The minimum absolute atomic E-state index is 0.0559. The van der Waals surface area contributed by atoms with Gasteiger partial charge >= 0.3 is 5.97 Å². The first-order chi connectivity index (χ1) is 10.0. The van der Waals surface area contributed by atoms with Gasteiger partial charge in [0.15, 0.2) is 0 Å². The molecule has 21 heavy (non-hydrogen) atoms. The minimum atomic E-state index is -1.21. The molecule has 0 fully saturated rings. The Bertz CT molecular complexity index is 700. The van der Waals surface area contributed by atoms with Gasteiger partial charge in [0.05, 0.1) is 23.4 Å². The number of carbonyl (C=O) groups excluding carboxylic acids is 1. The highest BCUT2D eigenvalue weighted by atomic mass is 35.5. The first-order valence-electron chi connectivity index (χ1n) is 6.00. The molecule has 0 aliphatic heterocycles. The highest BCUT2D eigenvalue weighted by Crippen LogP contribution is 2.26. The van der Waals surface area contributed by atoms with Crippen molar-refractivity contribution in [3.05, 3.63) is 58.6 Å². The highest BCUT2D eigenvalue weighted by molar-refractivity contribution is 6.34. The Kier molecular flexibility index (Phi) is 4.45. The van der Waals surface area contributed by atoms with Gasteiger partial charge in [-0.15, -0.1) is 0 Å². The van der Waals surface area contributed by atoms with Crippen LogP contribution in [-0.2, 0) is 0 Å². The summed E-state index contributed by atoms with van der Waals surface area (Å²) in [5.74, 6) is -1.29. The second-order valence-corrected chi connectivity index (χ2v) is 4.53. The Hall–Kier alpha value is -2.53. The molecule has 2 N–H and O–H groups in total. The molecule has 0 aliphatic rings. The number of carboxylic acids is 1. The molecule has 0 atom stereocenters.